The molecule has 1 heterocycles. The van der Waals surface area contributed by atoms with Gasteiger partial charge in [-0.2, -0.15) is 4.31 Å². The fraction of sp³-hybridized carbons (Fsp3) is 0.350. The highest BCUT2D eigenvalue weighted by atomic mass is 79.9. The summed E-state index contributed by atoms with van der Waals surface area (Å²) in [6.45, 7) is 1.27. The van der Waals surface area contributed by atoms with E-state index in [1.807, 2.05) is 0 Å². The maximum atomic E-state index is 13.8. The number of carbonyl (C=O) groups excluding carboxylic acids is 1. The molecule has 0 atom stereocenters. The van der Waals surface area contributed by atoms with E-state index in [0.29, 0.717) is 25.1 Å². The van der Waals surface area contributed by atoms with Gasteiger partial charge in [0.2, 0.25) is 10.0 Å². The molecule has 1 saturated heterocycles. The van der Waals surface area contributed by atoms with Gasteiger partial charge < -0.3 is 5.32 Å². The zero-order valence-electron chi connectivity index (χ0n) is 15.3. The van der Waals surface area contributed by atoms with Crippen LogP contribution in [0.1, 0.15) is 35.2 Å². The van der Waals surface area contributed by atoms with Crippen molar-refractivity contribution in [3.8, 4) is 0 Å². The normalized spacial score (nSPS) is 15.4. The molecule has 0 saturated carbocycles. The van der Waals surface area contributed by atoms with Crippen molar-refractivity contribution in [3.63, 3.8) is 0 Å². The summed E-state index contributed by atoms with van der Waals surface area (Å²) in [5, 5.41) is 2.72. The van der Waals surface area contributed by atoms with Gasteiger partial charge in [0, 0.05) is 29.7 Å². The quantitative estimate of drug-likeness (QED) is 0.701. The van der Waals surface area contributed by atoms with Crippen LogP contribution in [0.25, 0.3) is 0 Å². The van der Waals surface area contributed by atoms with Gasteiger partial charge in [0.05, 0.1) is 4.90 Å². The number of hydrogen-bond donors (Lipinski definition) is 1. The fourth-order valence-corrected chi connectivity index (χ4v) is 5.17. The Morgan fingerprint density at radius 1 is 1.11 bits per heavy atom. The zero-order chi connectivity index (χ0) is 20.1. The molecule has 2 aromatic rings. The molecule has 1 aliphatic rings. The van der Waals surface area contributed by atoms with E-state index in [0.717, 1.165) is 23.7 Å². The number of halogens is 2. The highest BCUT2D eigenvalue weighted by Crippen LogP contribution is 2.21. The summed E-state index contributed by atoms with van der Waals surface area (Å²) in [4.78, 5) is 12.5. The van der Waals surface area contributed by atoms with Crippen LogP contribution in [0.2, 0.25) is 0 Å². The number of nitrogens with one attached hydrogen (secondary N) is 1. The molecule has 0 aliphatic carbocycles. The lowest BCUT2D eigenvalue weighted by Gasteiger charge is -2.26. The third-order valence-electron chi connectivity index (χ3n) is 4.74. The average molecular weight is 469 g/mol. The Morgan fingerprint density at radius 2 is 1.86 bits per heavy atom. The molecule has 8 heteroatoms. The molecule has 1 N–H and O–H groups in total. The maximum absolute atomic E-state index is 13.8. The van der Waals surface area contributed by atoms with Crippen molar-refractivity contribution in [2.75, 3.05) is 19.6 Å². The van der Waals surface area contributed by atoms with Crippen molar-refractivity contribution in [1.82, 2.24) is 9.62 Å². The first-order valence-electron chi connectivity index (χ1n) is 9.20. The van der Waals surface area contributed by atoms with E-state index in [1.54, 1.807) is 24.3 Å². The molecule has 0 unspecified atom stereocenters. The van der Waals surface area contributed by atoms with Crippen LogP contribution in [-0.4, -0.2) is 38.3 Å². The monoisotopic (exact) mass is 468 g/mol. The largest absolute Gasteiger partial charge is 0.352 e. The van der Waals surface area contributed by atoms with E-state index in [4.69, 9.17) is 0 Å². The number of nitrogens with zero attached hydrogens (tertiary/aromatic N) is 1. The van der Waals surface area contributed by atoms with Crippen molar-refractivity contribution in [2.45, 2.75) is 30.6 Å². The van der Waals surface area contributed by atoms with Crippen molar-refractivity contribution >= 4 is 31.9 Å². The molecule has 0 spiro atoms. The highest BCUT2D eigenvalue weighted by Gasteiger charge is 2.26. The number of hydrogen-bond acceptors (Lipinski definition) is 3. The minimum Gasteiger partial charge on any atom is -0.352 e. The van der Waals surface area contributed by atoms with E-state index in [-0.39, 0.29) is 28.7 Å². The summed E-state index contributed by atoms with van der Waals surface area (Å²) in [5.41, 5.74) is 0.768. The van der Waals surface area contributed by atoms with Crippen LogP contribution in [0.5, 0.6) is 0 Å². The number of sulfonamides is 1. The molecule has 0 aromatic heterocycles. The summed E-state index contributed by atoms with van der Waals surface area (Å²) < 4.78 is 41.6. The van der Waals surface area contributed by atoms with Gasteiger partial charge in [-0.15, -0.1) is 0 Å². The summed E-state index contributed by atoms with van der Waals surface area (Å²) >= 11 is 3.30. The van der Waals surface area contributed by atoms with Gasteiger partial charge in [-0.05, 0) is 61.2 Å². The third kappa shape index (κ3) is 4.98. The van der Waals surface area contributed by atoms with Gasteiger partial charge in [0.15, 0.2) is 0 Å². The van der Waals surface area contributed by atoms with Crippen LogP contribution in [0.4, 0.5) is 4.39 Å². The SMILES string of the molecule is O=C(NCCc1cc(Br)ccc1F)c1cccc(S(=O)(=O)N2CCCCC2)c1. The summed E-state index contributed by atoms with van der Waals surface area (Å²) in [7, 11) is -3.59. The van der Waals surface area contributed by atoms with Crippen LogP contribution >= 0.6 is 15.9 Å². The fourth-order valence-electron chi connectivity index (χ4n) is 3.20. The lowest BCUT2D eigenvalue weighted by atomic mass is 10.1. The molecule has 150 valence electrons. The van der Waals surface area contributed by atoms with Gasteiger partial charge >= 0.3 is 0 Å². The second-order valence-electron chi connectivity index (χ2n) is 6.73. The van der Waals surface area contributed by atoms with Gasteiger partial charge in [-0.3, -0.25) is 4.79 Å². The first kappa shape index (κ1) is 21.0. The number of amides is 1. The van der Waals surface area contributed by atoms with E-state index < -0.39 is 10.0 Å². The lowest BCUT2D eigenvalue weighted by Crippen LogP contribution is -2.35. The average Bonchev–Trinajstić information content (AvgIpc) is 2.71. The minimum absolute atomic E-state index is 0.125. The van der Waals surface area contributed by atoms with Crippen LogP contribution in [0.3, 0.4) is 0 Å². The summed E-state index contributed by atoms with van der Waals surface area (Å²) in [5.74, 6) is -0.710. The molecule has 0 bridgehead atoms. The van der Waals surface area contributed by atoms with Crippen LogP contribution in [0, 0.1) is 5.82 Å². The predicted octanol–water partition coefficient (Wildman–Crippen LogP) is 3.74. The molecule has 3 rings (SSSR count). The Bertz CT molecular complexity index is 960. The first-order valence-corrected chi connectivity index (χ1v) is 11.4. The Morgan fingerprint density at radius 3 is 2.61 bits per heavy atom. The van der Waals surface area contributed by atoms with Gasteiger partial charge in [-0.1, -0.05) is 28.4 Å². The summed E-state index contributed by atoms with van der Waals surface area (Å²) in [6, 6.07) is 10.7. The second kappa shape index (κ2) is 9.15. The lowest BCUT2D eigenvalue weighted by molar-refractivity contribution is 0.0954. The number of benzene rings is 2. The molecule has 5 nitrogen and oxygen atoms in total. The first-order chi connectivity index (χ1) is 13.4. The van der Waals surface area contributed by atoms with Gasteiger partial charge in [-0.25, -0.2) is 12.8 Å². The maximum Gasteiger partial charge on any atom is 0.251 e. The van der Waals surface area contributed by atoms with Crippen molar-refractivity contribution in [3.05, 3.63) is 63.9 Å². The second-order valence-corrected chi connectivity index (χ2v) is 9.59. The Hall–Kier alpha value is -1.77. The predicted molar refractivity (Wildman–Crippen MR) is 109 cm³/mol. The van der Waals surface area contributed by atoms with E-state index in [9.17, 15) is 17.6 Å². The standard InChI is InChI=1S/C20H22BrFN2O3S/c21-17-7-8-19(22)15(13-17)9-10-23-20(25)16-5-4-6-18(14-16)28(26,27)24-11-2-1-3-12-24/h4-8,13-14H,1-3,9-12H2,(H,23,25). The van der Waals surface area contributed by atoms with E-state index in [2.05, 4.69) is 21.2 Å². The molecular formula is C20H22BrFN2O3S. The van der Waals surface area contributed by atoms with Crippen LogP contribution in [0.15, 0.2) is 51.8 Å². The molecule has 1 amide bonds. The molecule has 1 aliphatic heterocycles. The minimum atomic E-state index is -3.59. The van der Waals surface area contributed by atoms with Crippen molar-refractivity contribution in [1.29, 1.82) is 0 Å². The van der Waals surface area contributed by atoms with Crippen molar-refractivity contribution in [2.24, 2.45) is 0 Å². The van der Waals surface area contributed by atoms with E-state index >= 15 is 0 Å². The Kier molecular flexibility index (Phi) is 6.85. The smallest absolute Gasteiger partial charge is 0.251 e. The molecule has 2 aromatic carbocycles. The van der Waals surface area contributed by atoms with Gasteiger partial charge in [0.25, 0.3) is 5.91 Å². The van der Waals surface area contributed by atoms with Crippen LogP contribution < -0.4 is 5.32 Å². The Labute approximate surface area is 173 Å². The van der Waals surface area contributed by atoms with E-state index in [1.165, 1.54) is 22.5 Å². The molecule has 28 heavy (non-hydrogen) atoms. The number of rotatable bonds is 6. The van der Waals surface area contributed by atoms with Gasteiger partial charge in [0.1, 0.15) is 5.82 Å². The number of piperidine rings is 1. The Balaban J connectivity index is 1.66. The van der Waals surface area contributed by atoms with Crippen molar-refractivity contribution < 1.29 is 17.6 Å². The zero-order valence-corrected chi connectivity index (χ0v) is 17.7. The summed E-state index contributed by atoms with van der Waals surface area (Å²) in [6.07, 6.45) is 3.08. The molecular weight excluding hydrogens is 447 g/mol. The highest BCUT2D eigenvalue weighted by molar-refractivity contribution is 9.10. The van der Waals surface area contributed by atoms with Crippen LogP contribution in [-0.2, 0) is 16.4 Å². The number of carbonyl (C=O) groups is 1. The topological polar surface area (TPSA) is 66.5 Å². The molecule has 1 fully saturated rings. The third-order valence-corrected chi connectivity index (χ3v) is 7.12. The molecule has 0 radical (unpaired) electrons.